The van der Waals surface area contributed by atoms with E-state index in [1.54, 1.807) is 19.1 Å². The summed E-state index contributed by atoms with van der Waals surface area (Å²) in [4.78, 5) is 30.2. The monoisotopic (exact) mass is 430 g/mol. The Kier molecular flexibility index (Phi) is 8.58. The molecular weight excluding hydrogens is 392 g/mol. The van der Waals surface area contributed by atoms with E-state index in [4.69, 9.17) is 4.74 Å². The van der Waals surface area contributed by atoms with Crippen LogP contribution in [0.25, 0.3) is 0 Å². The zero-order chi connectivity index (χ0) is 22.2. The van der Waals surface area contributed by atoms with Crippen molar-refractivity contribution in [3.8, 4) is 5.75 Å². The fourth-order valence-corrected chi connectivity index (χ4v) is 4.81. The van der Waals surface area contributed by atoms with Crippen LogP contribution in [0.3, 0.4) is 0 Å². The van der Waals surface area contributed by atoms with Crippen LogP contribution in [0.15, 0.2) is 18.2 Å². The maximum absolute atomic E-state index is 12.4. The highest BCUT2D eigenvalue weighted by atomic mass is 16.5. The molecule has 7 nitrogen and oxygen atoms in total. The number of unbranched alkanes of at least 4 members (excludes halogenated alkanes) is 1. The molecule has 1 aliphatic carbocycles. The molecule has 0 radical (unpaired) electrons. The van der Waals surface area contributed by atoms with Crippen LogP contribution in [0.5, 0.6) is 5.75 Å². The van der Waals surface area contributed by atoms with Crippen LogP contribution in [0.2, 0.25) is 0 Å². The van der Waals surface area contributed by atoms with Crippen LogP contribution in [-0.4, -0.2) is 86.1 Å². The number of nitrogens with zero attached hydrogens (tertiary/aromatic N) is 3. The molecule has 1 N–H and O–H groups in total. The molecule has 7 heteroatoms. The van der Waals surface area contributed by atoms with Crippen LogP contribution in [0, 0.1) is 0 Å². The van der Waals surface area contributed by atoms with Crippen molar-refractivity contribution in [1.82, 2.24) is 20.0 Å². The lowest BCUT2D eigenvalue weighted by atomic mass is 9.87. The Morgan fingerprint density at radius 1 is 1.23 bits per heavy atom. The minimum atomic E-state index is -0.171. The van der Waals surface area contributed by atoms with Gasteiger partial charge < -0.3 is 24.8 Å². The Labute approximate surface area is 186 Å². The first-order valence-electron chi connectivity index (χ1n) is 11.7. The first-order chi connectivity index (χ1) is 15.0. The summed E-state index contributed by atoms with van der Waals surface area (Å²) >= 11 is 0. The fraction of sp³-hybridized carbons (Fsp3) is 0.667. The highest BCUT2D eigenvalue weighted by molar-refractivity contribution is 5.85. The van der Waals surface area contributed by atoms with Gasteiger partial charge in [-0.25, -0.2) is 4.79 Å². The van der Waals surface area contributed by atoms with Crippen LogP contribution in [0.4, 0.5) is 4.79 Å². The topological polar surface area (TPSA) is 65.1 Å². The van der Waals surface area contributed by atoms with Crippen molar-refractivity contribution in [2.75, 3.05) is 53.4 Å². The summed E-state index contributed by atoms with van der Waals surface area (Å²) in [6, 6.07) is 6.90. The number of benzene rings is 1. The molecular formula is C24H38N4O3. The number of ether oxygens (including phenoxy) is 1. The second-order valence-corrected chi connectivity index (χ2v) is 8.63. The highest BCUT2D eigenvalue weighted by Gasteiger charge is 2.27. The number of amides is 3. The van der Waals surface area contributed by atoms with E-state index in [1.165, 1.54) is 17.5 Å². The van der Waals surface area contributed by atoms with E-state index in [1.807, 2.05) is 4.90 Å². The number of nitrogens with one attached hydrogen (secondary N) is 1. The number of aryl methyl sites for hydroxylation is 1. The third-order valence-corrected chi connectivity index (χ3v) is 6.59. The minimum absolute atomic E-state index is 0.0538. The summed E-state index contributed by atoms with van der Waals surface area (Å²) in [6.07, 6.45) is 6.68. The van der Waals surface area contributed by atoms with Gasteiger partial charge in [0.1, 0.15) is 12.3 Å². The molecule has 2 aliphatic rings. The zero-order valence-electron chi connectivity index (χ0n) is 19.4. The molecule has 1 unspecified atom stereocenters. The summed E-state index contributed by atoms with van der Waals surface area (Å²) in [5.41, 5.74) is 2.89. The van der Waals surface area contributed by atoms with Gasteiger partial charge in [0.25, 0.3) is 0 Å². The van der Waals surface area contributed by atoms with Gasteiger partial charge in [-0.05, 0) is 74.9 Å². The summed E-state index contributed by atoms with van der Waals surface area (Å²) in [7, 11) is 3.33. The average Bonchev–Trinajstić information content (AvgIpc) is 2.80. The van der Waals surface area contributed by atoms with Gasteiger partial charge in [-0.1, -0.05) is 13.0 Å². The number of hydrogen-bond donors (Lipinski definition) is 1. The van der Waals surface area contributed by atoms with Crippen molar-refractivity contribution in [3.63, 3.8) is 0 Å². The third-order valence-electron chi connectivity index (χ3n) is 6.59. The molecule has 0 aromatic heterocycles. The van der Waals surface area contributed by atoms with Gasteiger partial charge in [0.05, 0.1) is 7.11 Å². The smallest absolute Gasteiger partial charge is 0.317 e. The predicted molar refractivity (Wildman–Crippen MR) is 123 cm³/mol. The Balaban J connectivity index is 1.46. The predicted octanol–water partition coefficient (Wildman–Crippen LogP) is 2.53. The molecule has 3 amide bonds. The van der Waals surface area contributed by atoms with Crippen LogP contribution in [0.1, 0.15) is 43.7 Å². The quantitative estimate of drug-likeness (QED) is 0.612. The molecule has 1 heterocycles. The van der Waals surface area contributed by atoms with Gasteiger partial charge >= 0.3 is 6.03 Å². The van der Waals surface area contributed by atoms with Crippen molar-refractivity contribution in [1.29, 1.82) is 0 Å². The number of fused-ring (bicyclic) bond motifs is 1. The Bertz CT molecular complexity index is 754. The number of piperazine rings is 1. The van der Waals surface area contributed by atoms with Crippen molar-refractivity contribution in [2.24, 2.45) is 0 Å². The number of hydrogen-bond acceptors (Lipinski definition) is 4. The number of carbonyl (C=O) groups excluding carboxylic acids is 2. The normalized spacial score (nSPS) is 18.8. The van der Waals surface area contributed by atoms with Crippen molar-refractivity contribution < 1.29 is 14.3 Å². The van der Waals surface area contributed by atoms with E-state index in [9.17, 15) is 9.59 Å². The van der Waals surface area contributed by atoms with Gasteiger partial charge in [-0.15, -0.1) is 0 Å². The minimum Gasteiger partial charge on any atom is -0.497 e. The molecule has 1 atom stereocenters. The Hall–Kier alpha value is -2.28. The van der Waals surface area contributed by atoms with Crippen LogP contribution in [-0.2, 0) is 17.6 Å². The first-order valence-corrected chi connectivity index (χ1v) is 11.7. The van der Waals surface area contributed by atoms with Crippen molar-refractivity contribution in [2.45, 2.75) is 51.5 Å². The Morgan fingerprint density at radius 2 is 2.06 bits per heavy atom. The van der Waals surface area contributed by atoms with E-state index in [0.29, 0.717) is 19.1 Å². The van der Waals surface area contributed by atoms with E-state index in [0.717, 1.165) is 57.5 Å². The van der Waals surface area contributed by atoms with Gasteiger partial charge in [0.2, 0.25) is 5.91 Å². The van der Waals surface area contributed by atoms with Gasteiger partial charge in [0, 0.05) is 32.7 Å². The van der Waals surface area contributed by atoms with E-state index in [-0.39, 0.29) is 18.5 Å². The maximum atomic E-state index is 12.4. The first kappa shape index (κ1) is 23.4. The summed E-state index contributed by atoms with van der Waals surface area (Å²) in [5.74, 6) is 1.00. The second-order valence-electron chi connectivity index (χ2n) is 8.63. The lowest BCUT2D eigenvalue weighted by Gasteiger charge is -2.36. The molecule has 0 saturated carbocycles. The SMILES string of the molecule is CCCN(CCCCN1CCN(C(=O)NC)CC1=O)C1CCc2ccc(OC)cc2C1. The van der Waals surface area contributed by atoms with Gasteiger partial charge in [-0.3, -0.25) is 4.79 Å². The van der Waals surface area contributed by atoms with Crippen molar-refractivity contribution >= 4 is 11.9 Å². The molecule has 172 valence electrons. The molecule has 31 heavy (non-hydrogen) atoms. The third kappa shape index (κ3) is 6.12. The standard InChI is InChI=1S/C24H38N4O3/c1-4-11-26(21-9-7-19-8-10-22(31-3)17-20(19)16-21)12-5-6-13-27-14-15-28(18-23(27)29)24(30)25-2/h8,10,17,21H,4-7,9,11-16,18H2,1-3H3,(H,25,30). The lowest BCUT2D eigenvalue weighted by Crippen LogP contribution is -2.54. The molecule has 0 bridgehead atoms. The fourth-order valence-electron chi connectivity index (χ4n) is 4.81. The molecule has 1 aromatic carbocycles. The molecule has 1 saturated heterocycles. The van der Waals surface area contributed by atoms with Crippen molar-refractivity contribution in [3.05, 3.63) is 29.3 Å². The lowest BCUT2D eigenvalue weighted by molar-refractivity contribution is -0.134. The van der Waals surface area contributed by atoms with Crippen LogP contribution < -0.4 is 10.1 Å². The van der Waals surface area contributed by atoms with Gasteiger partial charge in [-0.2, -0.15) is 0 Å². The molecule has 0 spiro atoms. The van der Waals surface area contributed by atoms with E-state index >= 15 is 0 Å². The zero-order valence-corrected chi connectivity index (χ0v) is 19.4. The Morgan fingerprint density at radius 3 is 2.77 bits per heavy atom. The van der Waals surface area contributed by atoms with E-state index < -0.39 is 0 Å². The number of carbonyl (C=O) groups is 2. The van der Waals surface area contributed by atoms with Gasteiger partial charge in [0.15, 0.2) is 0 Å². The number of methoxy groups -OCH3 is 1. The van der Waals surface area contributed by atoms with E-state index in [2.05, 4.69) is 35.3 Å². The molecule has 3 rings (SSSR count). The van der Waals surface area contributed by atoms with Crippen LogP contribution >= 0.6 is 0 Å². The summed E-state index contributed by atoms with van der Waals surface area (Å²) < 4.78 is 5.42. The largest absolute Gasteiger partial charge is 0.497 e. The summed E-state index contributed by atoms with van der Waals surface area (Å²) in [5, 5.41) is 2.59. The second kappa shape index (κ2) is 11.4. The average molecular weight is 431 g/mol. The molecule has 1 fully saturated rings. The molecule has 1 aliphatic heterocycles. The number of urea groups is 1. The number of rotatable bonds is 9. The molecule has 1 aromatic rings. The highest BCUT2D eigenvalue weighted by Crippen LogP contribution is 2.28. The maximum Gasteiger partial charge on any atom is 0.317 e. The summed E-state index contributed by atoms with van der Waals surface area (Å²) in [6.45, 7) is 6.65.